The van der Waals surface area contributed by atoms with Crippen LogP contribution in [0, 0.1) is 5.41 Å². The molecule has 4 nitrogen and oxygen atoms in total. The first-order valence-electron chi connectivity index (χ1n) is 7.83. The maximum absolute atomic E-state index is 13.1. The van der Waals surface area contributed by atoms with E-state index in [-0.39, 0.29) is 11.9 Å². The maximum Gasteiger partial charge on any atom is 0.235 e. The summed E-state index contributed by atoms with van der Waals surface area (Å²) in [6.07, 6.45) is 2.88. The standard InChI is InChI=1S/C17H21NO3/c1-13(14-6-3-2-4-7-14)18-12-17(20-10-11-21-17)16(15(18)19)8-5-9-16/h2-4,6-7,13H,5,8-12H2,1H3/t13-/m0/s1. The number of fused-ring (bicyclic) bond motifs is 1. The maximum atomic E-state index is 13.1. The average molecular weight is 287 g/mol. The van der Waals surface area contributed by atoms with E-state index in [0.717, 1.165) is 24.8 Å². The van der Waals surface area contributed by atoms with Gasteiger partial charge in [0, 0.05) is 0 Å². The van der Waals surface area contributed by atoms with Crippen molar-refractivity contribution in [2.45, 2.75) is 38.0 Å². The van der Waals surface area contributed by atoms with Crippen LogP contribution < -0.4 is 0 Å². The summed E-state index contributed by atoms with van der Waals surface area (Å²) >= 11 is 0. The highest BCUT2D eigenvalue weighted by atomic mass is 16.7. The second kappa shape index (κ2) is 4.55. The number of carbonyl (C=O) groups is 1. The van der Waals surface area contributed by atoms with Crippen molar-refractivity contribution in [2.75, 3.05) is 19.8 Å². The third-order valence-corrected chi connectivity index (χ3v) is 5.49. The van der Waals surface area contributed by atoms with Gasteiger partial charge in [-0.05, 0) is 25.3 Å². The number of benzene rings is 1. The smallest absolute Gasteiger partial charge is 0.235 e. The number of hydrogen-bond donors (Lipinski definition) is 0. The van der Waals surface area contributed by atoms with Gasteiger partial charge in [0.1, 0.15) is 5.41 Å². The Morgan fingerprint density at radius 1 is 1.14 bits per heavy atom. The van der Waals surface area contributed by atoms with Gasteiger partial charge in [-0.15, -0.1) is 0 Å². The van der Waals surface area contributed by atoms with Crippen molar-refractivity contribution in [1.82, 2.24) is 4.90 Å². The van der Waals surface area contributed by atoms with E-state index in [4.69, 9.17) is 9.47 Å². The summed E-state index contributed by atoms with van der Waals surface area (Å²) in [4.78, 5) is 15.0. The van der Waals surface area contributed by atoms with E-state index in [9.17, 15) is 4.79 Å². The van der Waals surface area contributed by atoms with E-state index in [1.54, 1.807) is 0 Å². The zero-order chi connectivity index (χ0) is 14.5. The van der Waals surface area contributed by atoms with Crippen LogP contribution in [0.15, 0.2) is 30.3 Å². The van der Waals surface area contributed by atoms with Crippen molar-refractivity contribution in [1.29, 1.82) is 0 Å². The molecule has 2 heterocycles. The molecule has 0 aromatic heterocycles. The first kappa shape index (κ1) is 13.3. The highest BCUT2D eigenvalue weighted by Crippen LogP contribution is 2.59. The number of hydrogen-bond acceptors (Lipinski definition) is 3. The second-order valence-electron chi connectivity index (χ2n) is 6.41. The molecule has 1 aromatic carbocycles. The fraction of sp³-hybridized carbons (Fsp3) is 0.588. The Balaban J connectivity index is 1.67. The van der Waals surface area contributed by atoms with Crippen molar-refractivity contribution in [3.05, 3.63) is 35.9 Å². The van der Waals surface area contributed by atoms with E-state index in [0.29, 0.717) is 19.8 Å². The molecule has 0 unspecified atom stereocenters. The van der Waals surface area contributed by atoms with E-state index in [1.165, 1.54) is 0 Å². The molecule has 1 aromatic rings. The molecule has 1 atom stereocenters. The Hall–Kier alpha value is -1.39. The summed E-state index contributed by atoms with van der Waals surface area (Å²) in [5.41, 5.74) is 0.738. The summed E-state index contributed by atoms with van der Waals surface area (Å²) in [5, 5.41) is 0. The molecule has 0 radical (unpaired) electrons. The van der Waals surface area contributed by atoms with Crippen LogP contribution in [0.2, 0.25) is 0 Å². The Morgan fingerprint density at radius 3 is 2.38 bits per heavy atom. The first-order chi connectivity index (χ1) is 10.2. The molecule has 1 saturated carbocycles. The van der Waals surface area contributed by atoms with Gasteiger partial charge in [-0.1, -0.05) is 36.8 Å². The van der Waals surface area contributed by atoms with Crippen molar-refractivity contribution in [2.24, 2.45) is 5.41 Å². The van der Waals surface area contributed by atoms with Crippen molar-refractivity contribution >= 4 is 5.91 Å². The molecular formula is C17H21NO3. The average Bonchev–Trinajstić information content (AvgIpc) is 3.03. The molecule has 3 fully saturated rings. The van der Waals surface area contributed by atoms with Crippen molar-refractivity contribution < 1.29 is 14.3 Å². The predicted molar refractivity (Wildman–Crippen MR) is 77.5 cm³/mol. The number of amides is 1. The molecule has 0 N–H and O–H groups in total. The zero-order valence-corrected chi connectivity index (χ0v) is 12.4. The van der Waals surface area contributed by atoms with Gasteiger partial charge >= 0.3 is 0 Å². The van der Waals surface area contributed by atoms with Crippen LogP contribution in [0.1, 0.15) is 37.8 Å². The lowest BCUT2D eigenvalue weighted by molar-refractivity contribution is -0.231. The van der Waals surface area contributed by atoms with E-state index >= 15 is 0 Å². The molecule has 0 bridgehead atoms. The van der Waals surface area contributed by atoms with Crippen LogP contribution >= 0.6 is 0 Å². The monoisotopic (exact) mass is 287 g/mol. The van der Waals surface area contributed by atoms with Gasteiger partial charge in [-0.25, -0.2) is 0 Å². The molecule has 2 saturated heterocycles. The highest BCUT2D eigenvalue weighted by Gasteiger charge is 2.70. The minimum absolute atomic E-state index is 0.0587. The first-order valence-corrected chi connectivity index (χ1v) is 7.83. The van der Waals surface area contributed by atoms with Gasteiger partial charge in [0.25, 0.3) is 0 Å². The summed E-state index contributed by atoms with van der Waals surface area (Å²) in [5.74, 6) is -0.474. The van der Waals surface area contributed by atoms with Crippen LogP contribution in [0.5, 0.6) is 0 Å². The normalized spacial score (nSPS) is 27.3. The molecule has 1 amide bonds. The summed E-state index contributed by atoms with van der Waals surface area (Å²) in [6, 6.07) is 10.2. The molecule has 21 heavy (non-hydrogen) atoms. The zero-order valence-electron chi connectivity index (χ0n) is 12.4. The van der Waals surface area contributed by atoms with Gasteiger partial charge in [0.2, 0.25) is 11.7 Å². The third kappa shape index (κ3) is 1.66. The SMILES string of the molecule is C[C@@H](c1ccccc1)N1CC2(OCCO2)C2(CCC2)C1=O. The van der Waals surface area contributed by atoms with Gasteiger partial charge in [0.15, 0.2) is 0 Å². The molecular weight excluding hydrogens is 266 g/mol. The predicted octanol–water partition coefficient (Wildman–Crippen LogP) is 2.50. The van der Waals surface area contributed by atoms with E-state index < -0.39 is 11.2 Å². The number of ether oxygens (including phenoxy) is 2. The Labute approximate surface area is 125 Å². The molecule has 4 rings (SSSR count). The topological polar surface area (TPSA) is 38.8 Å². The fourth-order valence-electron chi connectivity index (χ4n) is 4.06. The summed E-state index contributed by atoms with van der Waals surface area (Å²) < 4.78 is 11.9. The number of rotatable bonds is 2. The Kier molecular flexibility index (Phi) is 2.88. The van der Waals surface area contributed by atoms with Crippen molar-refractivity contribution in [3.8, 4) is 0 Å². The van der Waals surface area contributed by atoms with Gasteiger partial charge in [0.05, 0.1) is 25.8 Å². The van der Waals surface area contributed by atoms with Crippen LogP contribution in [-0.2, 0) is 14.3 Å². The molecule has 1 aliphatic carbocycles. The van der Waals surface area contributed by atoms with E-state index in [2.05, 4.69) is 19.1 Å². The molecule has 3 aliphatic rings. The quantitative estimate of drug-likeness (QED) is 0.839. The lowest BCUT2D eigenvalue weighted by Gasteiger charge is -2.45. The van der Waals surface area contributed by atoms with Crippen molar-refractivity contribution in [3.63, 3.8) is 0 Å². The van der Waals surface area contributed by atoms with Crippen LogP contribution in [0.3, 0.4) is 0 Å². The summed E-state index contributed by atoms with van der Waals surface area (Å²) in [7, 11) is 0. The second-order valence-corrected chi connectivity index (χ2v) is 6.41. The number of carbonyl (C=O) groups excluding carboxylic acids is 1. The Morgan fingerprint density at radius 2 is 1.81 bits per heavy atom. The molecule has 2 spiro atoms. The lowest BCUT2D eigenvalue weighted by atomic mass is 9.64. The minimum Gasteiger partial charge on any atom is -0.345 e. The third-order valence-electron chi connectivity index (χ3n) is 5.49. The van der Waals surface area contributed by atoms with Gasteiger partial charge in [-0.3, -0.25) is 4.79 Å². The highest BCUT2D eigenvalue weighted by molar-refractivity contribution is 5.88. The summed E-state index contributed by atoms with van der Waals surface area (Å²) in [6.45, 7) is 3.85. The number of likely N-dealkylation sites (tertiary alicyclic amines) is 1. The number of nitrogens with zero attached hydrogens (tertiary/aromatic N) is 1. The molecule has 112 valence electrons. The van der Waals surface area contributed by atoms with E-state index in [1.807, 2.05) is 23.1 Å². The lowest BCUT2D eigenvalue weighted by Crippen LogP contribution is -2.54. The largest absolute Gasteiger partial charge is 0.345 e. The van der Waals surface area contributed by atoms with Crippen LogP contribution in [0.4, 0.5) is 0 Å². The van der Waals surface area contributed by atoms with Crippen LogP contribution in [-0.4, -0.2) is 36.4 Å². The van der Waals surface area contributed by atoms with Crippen LogP contribution in [0.25, 0.3) is 0 Å². The molecule has 4 heteroatoms. The Bertz CT molecular complexity index is 546. The fourth-order valence-corrected chi connectivity index (χ4v) is 4.06. The van der Waals surface area contributed by atoms with Gasteiger partial charge < -0.3 is 14.4 Å². The molecule has 2 aliphatic heterocycles. The van der Waals surface area contributed by atoms with Gasteiger partial charge in [-0.2, -0.15) is 0 Å². The minimum atomic E-state index is -0.689.